The van der Waals surface area contributed by atoms with Crippen LogP contribution in [0.4, 0.5) is 5.69 Å². The Morgan fingerprint density at radius 2 is 1.92 bits per heavy atom. The SMILES string of the molecule is CNC(=O)c1cc(NC(=O)CCOc2cccc(C)c2C)ccc1Cl. The highest BCUT2D eigenvalue weighted by atomic mass is 35.5. The van der Waals surface area contributed by atoms with E-state index in [1.165, 1.54) is 7.05 Å². The van der Waals surface area contributed by atoms with Crippen LogP contribution in [0.2, 0.25) is 5.02 Å². The van der Waals surface area contributed by atoms with Crippen molar-refractivity contribution in [2.24, 2.45) is 0 Å². The number of ether oxygens (including phenoxy) is 1. The minimum atomic E-state index is -0.306. The number of hydrogen-bond donors (Lipinski definition) is 2. The van der Waals surface area contributed by atoms with Gasteiger partial charge in [0, 0.05) is 12.7 Å². The van der Waals surface area contributed by atoms with Crippen molar-refractivity contribution < 1.29 is 14.3 Å². The molecule has 6 heteroatoms. The summed E-state index contributed by atoms with van der Waals surface area (Å²) in [6.07, 6.45) is 0.200. The van der Waals surface area contributed by atoms with E-state index in [4.69, 9.17) is 16.3 Å². The maximum Gasteiger partial charge on any atom is 0.252 e. The summed E-state index contributed by atoms with van der Waals surface area (Å²) in [5.41, 5.74) is 3.04. The van der Waals surface area contributed by atoms with Crippen LogP contribution in [0.25, 0.3) is 0 Å². The second kappa shape index (κ2) is 8.53. The van der Waals surface area contributed by atoms with Crippen LogP contribution in [-0.2, 0) is 4.79 Å². The van der Waals surface area contributed by atoms with Crippen LogP contribution in [0, 0.1) is 13.8 Å². The topological polar surface area (TPSA) is 67.4 Å². The molecule has 0 atom stereocenters. The fraction of sp³-hybridized carbons (Fsp3) is 0.263. The van der Waals surface area contributed by atoms with Crippen LogP contribution >= 0.6 is 11.6 Å². The van der Waals surface area contributed by atoms with Crippen LogP contribution in [0.1, 0.15) is 27.9 Å². The molecule has 2 aromatic rings. The van der Waals surface area contributed by atoms with Gasteiger partial charge in [0.05, 0.1) is 23.6 Å². The summed E-state index contributed by atoms with van der Waals surface area (Å²) >= 11 is 5.99. The molecule has 0 radical (unpaired) electrons. The van der Waals surface area contributed by atoms with E-state index in [9.17, 15) is 9.59 Å². The number of halogens is 1. The van der Waals surface area contributed by atoms with Gasteiger partial charge in [-0.3, -0.25) is 9.59 Å². The molecule has 2 rings (SSSR count). The van der Waals surface area contributed by atoms with Gasteiger partial charge in [-0.2, -0.15) is 0 Å². The molecule has 2 N–H and O–H groups in total. The predicted molar refractivity (Wildman–Crippen MR) is 99.5 cm³/mol. The molecule has 0 aliphatic heterocycles. The third-order valence-corrected chi connectivity index (χ3v) is 4.19. The Bertz CT molecular complexity index is 790. The zero-order valence-electron chi connectivity index (χ0n) is 14.5. The normalized spacial score (nSPS) is 10.2. The standard InChI is InChI=1S/C19H21ClN2O3/c1-12-5-4-6-17(13(12)2)25-10-9-18(23)22-14-7-8-16(20)15(11-14)19(24)21-3/h4-8,11H,9-10H2,1-3H3,(H,21,24)(H,22,23). The van der Waals surface area contributed by atoms with Gasteiger partial charge in [0.25, 0.3) is 5.91 Å². The van der Waals surface area contributed by atoms with E-state index < -0.39 is 0 Å². The second-order valence-electron chi connectivity index (χ2n) is 5.62. The molecule has 2 amide bonds. The van der Waals surface area contributed by atoms with Gasteiger partial charge in [0.2, 0.25) is 5.91 Å². The van der Waals surface area contributed by atoms with Gasteiger partial charge in [-0.1, -0.05) is 23.7 Å². The van der Waals surface area contributed by atoms with Crippen molar-refractivity contribution in [3.63, 3.8) is 0 Å². The van der Waals surface area contributed by atoms with Crippen LogP contribution in [0.15, 0.2) is 36.4 Å². The molecule has 2 aromatic carbocycles. The number of carbonyl (C=O) groups excluding carboxylic acids is 2. The van der Waals surface area contributed by atoms with E-state index in [1.807, 2.05) is 32.0 Å². The van der Waals surface area contributed by atoms with Crippen LogP contribution in [0.3, 0.4) is 0 Å². The van der Waals surface area contributed by atoms with Gasteiger partial charge in [0.1, 0.15) is 5.75 Å². The first-order valence-corrected chi connectivity index (χ1v) is 8.30. The molecule has 0 heterocycles. The number of amides is 2. The summed E-state index contributed by atoms with van der Waals surface area (Å²) in [4.78, 5) is 23.8. The Balaban J connectivity index is 1.92. The molecule has 5 nitrogen and oxygen atoms in total. The Kier molecular flexibility index (Phi) is 6.42. The van der Waals surface area contributed by atoms with E-state index >= 15 is 0 Å². The van der Waals surface area contributed by atoms with Gasteiger partial charge < -0.3 is 15.4 Å². The summed E-state index contributed by atoms with van der Waals surface area (Å²) < 4.78 is 5.68. The second-order valence-corrected chi connectivity index (χ2v) is 6.03. The number of rotatable bonds is 6. The average Bonchev–Trinajstić information content (AvgIpc) is 2.59. The van der Waals surface area contributed by atoms with Crippen molar-refractivity contribution in [3.05, 3.63) is 58.1 Å². The van der Waals surface area contributed by atoms with E-state index in [0.29, 0.717) is 16.3 Å². The minimum Gasteiger partial charge on any atom is -0.493 e. The first-order valence-electron chi connectivity index (χ1n) is 7.93. The molecule has 0 saturated heterocycles. The number of nitrogens with one attached hydrogen (secondary N) is 2. The van der Waals surface area contributed by atoms with Crippen LogP contribution in [0.5, 0.6) is 5.75 Å². The lowest BCUT2D eigenvalue weighted by molar-refractivity contribution is -0.116. The van der Waals surface area contributed by atoms with Crippen molar-refractivity contribution in [1.82, 2.24) is 5.32 Å². The Morgan fingerprint density at radius 3 is 2.64 bits per heavy atom. The largest absolute Gasteiger partial charge is 0.493 e. The molecule has 25 heavy (non-hydrogen) atoms. The van der Waals surface area contributed by atoms with Crippen LogP contribution < -0.4 is 15.4 Å². The first-order chi connectivity index (χ1) is 11.9. The van der Waals surface area contributed by atoms with Gasteiger partial charge in [-0.15, -0.1) is 0 Å². The van der Waals surface area contributed by atoms with Gasteiger partial charge in [-0.25, -0.2) is 0 Å². The lowest BCUT2D eigenvalue weighted by Gasteiger charge is -2.11. The monoisotopic (exact) mass is 360 g/mol. The molecule has 0 bridgehead atoms. The Hall–Kier alpha value is -2.53. The first kappa shape index (κ1) is 18.8. The molecule has 0 unspecified atom stereocenters. The highest BCUT2D eigenvalue weighted by molar-refractivity contribution is 6.34. The molecule has 0 spiro atoms. The highest BCUT2D eigenvalue weighted by Crippen LogP contribution is 2.22. The summed E-state index contributed by atoms with van der Waals surface area (Å²) in [6.45, 7) is 4.27. The molecular formula is C19H21ClN2O3. The fourth-order valence-electron chi connectivity index (χ4n) is 2.27. The number of aryl methyl sites for hydroxylation is 1. The highest BCUT2D eigenvalue weighted by Gasteiger charge is 2.11. The summed E-state index contributed by atoms with van der Waals surface area (Å²) in [5, 5.41) is 5.58. The zero-order chi connectivity index (χ0) is 18.4. The molecule has 0 aliphatic carbocycles. The van der Waals surface area contributed by atoms with Crippen LogP contribution in [-0.4, -0.2) is 25.5 Å². The van der Waals surface area contributed by atoms with Gasteiger partial charge >= 0.3 is 0 Å². The molecule has 0 aliphatic rings. The Labute approximate surface area is 152 Å². The van der Waals surface area contributed by atoms with Crippen molar-refractivity contribution in [3.8, 4) is 5.75 Å². The fourth-order valence-corrected chi connectivity index (χ4v) is 2.47. The van der Waals surface area contributed by atoms with Crippen molar-refractivity contribution >= 4 is 29.1 Å². The molecular weight excluding hydrogens is 340 g/mol. The number of carbonyl (C=O) groups is 2. The molecule has 0 fully saturated rings. The molecule has 0 saturated carbocycles. The van der Waals surface area contributed by atoms with E-state index in [2.05, 4.69) is 10.6 Å². The molecule has 132 valence electrons. The van der Waals surface area contributed by atoms with E-state index in [1.54, 1.807) is 18.2 Å². The van der Waals surface area contributed by atoms with Crippen molar-refractivity contribution in [2.75, 3.05) is 19.0 Å². The summed E-state index contributed by atoms with van der Waals surface area (Å²) in [6, 6.07) is 10.6. The third-order valence-electron chi connectivity index (χ3n) is 3.86. The number of hydrogen-bond acceptors (Lipinski definition) is 3. The third kappa shape index (κ3) is 4.97. The van der Waals surface area contributed by atoms with Crippen molar-refractivity contribution in [1.29, 1.82) is 0 Å². The van der Waals surface area contributed by atoms with Gasteiger partial charge in [-0.05, 0) is 49.2 Å². The summed E-state index contributed by atoms with van der Waals surface area (Å²) in [5.74, 6) is 0.274. The minimum absolute atomic E-state index is 0.199. The average molecular weight is 361 g/mol. The maximum atomic E-state index is 12.1. The molecule has 0 aromatic heterocycles. The van der Waals surface area contributed by atoms with E-state index in [-0.39, 0.29) is 24.8 Å². The maximum absolute atomic E-state index is 12.1. The van der Waals surface area contributed by atoms with Gasteiger partial charge in [0.15, 0.2) is 0 Å². The zero-order valence-corrected chi connectivity index (χ0v) is 15.2. The lowest BCUT2D eigenvalue weighted by atomic mass is 10.1. The lowest BCUT2D eigenvalue weighted by Crippen LogP contribution is -2.19. The smallest absolute Gasteiger partial charge is 0.252 e. The predicted octanol–water partition coefficient (Wildman–Crippen LogP) is 3.72. The number of anilines is 1. The number of benzene rings is 2. The quantitative estimate of drug-likeness (QED) is 0.824. The van der Waals surface area contributed by atoms with E-state index in [0.717, 1.165) is 16.9 Å². The van der Waals surface area contributed by atoms with Crippen molar-refractivity contribution in [2.45, 2.75) is 20.3 Å². The summed E-state index contributed by atoms with van der Waals surface area (Å²) in [7, 11) is 1.52. The Morgan fingerprint density at radius 1 is 1.16 bits per heavy atom.